The van der Waals surface area contributed by atoms with Crippen molar-refractivity contribution in [2.75, 3.05) is 25.9 Å². The normalized spacial score (nSPS) is 23.0. The molecule has 0 aromatic carbocycles. The Bertz CT molecular complexity index is 417. The number of amides is 2. The average molecular weight is 319 g/mol. The molecule has 0 aliphatic heterocycles. The molecule has 0 spiro atoms. The fourth-order valence-electron chi connectivity index (χ4n) is 2.66. The van der Waals surface area contributed by atoms with Crippen LogP contribution in [0.5, 0.6) is 0 Å². The standard InChI is InChI=1S/C14H29N3O3S/c1-4-17(21(3,19)20)11-5-10-15-14(18)16-13-8-6-12(2)7-9-13/h12-13H,4-11H2,1-3H3,(H2,15,16,18). The highest BCUT2D eigenvalue weighted by Crippen LogP contribution is 2.23. The van der Waals surface area contributed by atoms with Crippen LogP contribution in [-0.4, -0.2) is 50.7 Å². The van der Waals surface area contributed by atoms with Crippen LogP contribution in [0.3, 0.4) is 0 Å². The summed E-state index contributed by atoms with van der Waals surface area (Å²) in [5.74, 6) is 0.766. The maximum atomic E-state index is 11.7. The van der Waals surface area contributed by atoms with Crippen LogP contribution in [0.1, 0.15) is 46.0 Å². The third-order valence-electron chi connectivity index (χ3n) is 4.04. The van der Waals surface area contributed by atoms with E-state index < -0.39 is 10.0 Å². The summed E-state index contributed by atoms with van der Waals surface area (Å²) in [5.41, 5.74) is 0. The van der Waals surface area contributed by atoms with Gasteiger partial charge in [-0.25, -0.2) is 17.5 Å². The van der Waals surface area contributed by atoms with Crippen LogP contribution in [0.4, 0.5) is 4.79 Å². The minimum Gasteiger partial charge on any atom is -0.338 e. The molecule has 0 unspecified atom stereocenters. The lowest BCUT2D eigenvalue weighted by Crippen LogP contribution is -2.44. The Morgan fingerprint density at radius 3 is 2.38 bits per heavy atom. The van der Waals surface area contributed by atoms with Gasteiger partial charge in [-0.05, 0) is 38.0 Å². The van der Waals surface area contributed by atoms with Crippen molar-refractivity contribution >= 4 is 16.1 Å². The summed E-state index contributed by atoms with van der Waals surface area (Å²) in [7, 11) is -3.14. The number of nitrogens with one attached hydrogen (secondary N) is 2. The second-order valence-corrected chi connectivity index (χ2v) is 7.95. The summed E-state index contributed by atoms with van der Waals surface area (Å²) < 4.78 is 24.2. The molecule has 2 amide bonds. The van der Waals surface area contributed by atoms with Gasteiger partial charge in [-0.15, -0.1) is 0 Å². The van der Waals surface area contributed by atoms with E-state index >= 15 is 0 Å². The molecule has 1 aliphatic rings. The van der Waals surface area contributed by atoms with E-state index in [-0.39, 0.29) is 12.1 Å². The highest BCUT2D eigenvalue weighted by molar-refractivity contribution is 7.88. The molecule has 0 bridgehead atoms. The Kier molecular flexibility index (Phi) is 7.45. The zero-order valence-corrected chi connectivity index (χ0v) is 14.2. The number of urea groups is 1. The Hall–Kier alpha value is -0.820. The first-order chi connectivity index (χ1) is 9.82. The molecule has 0 saturated heterocycles. The Labute approximate surface area is 128 Å². The zero-order chi connectivity index (χ0) is 15.9. The molecule has 0 radical (unpaired) electrons. The molecule has 1 fully saturated rings. The lowest BCUT2D eigenvalue weighted by Gasteiger charge is -2.27. The van der Waals surface area contributed by atoms with Crippen LogP contribution < -0.4 is 10.6 Å². The predicted octanol–water partition coefficient (Wildman–Crippen LogP) is 1.54. The van der Waals surface area contributed by atoms with E-state index in [4.69, 9.17) is 0 Å². The summed E-state index contributed by atoms with van der Waals surface area (Å²) >= 11 is 0. The smallest absolute Gasteiger partial charge is 0.315 e. The summed E-state index contributed by atoms with van der Waals surface area (Å²) in [6.45, 7) is 5.45. The lowest BCUT2D eigenvalue weighted by molar-refractivity contribution is 0.228. The second kappa shape index (κ2) is 8.58. The van der Waals surface area contributed by atoms with Gasteiger partial charge in [-0.1, -0.05) is 13.8 Å². The molecule has 1 aliphatic carbocycles. The van der Waals surface area contributed by atoms with Crippen molar-refractivity contribution in [3.63, 3.8) is 0 Å². The third kappa shape index (κ3) is 7.13. The molecule has 0 aromatic rings. The number of hydrogen-bond acceptors (Lipinski definition) is 3. The fourth-order valence-corrected chi connectivity index (χ4v) is 3.59. The summed E-state index contributed by atoms with van der Waals surface area (Å²) in [6, 6.07) is 0.140. The van der Waals surface area contributed by atoms with Gasteiger partial charge in [0.25, 0.3) is 0 Å². The Morgan fingerprint density at radius 1 is 1.24 bits per heavy atom. The lowest BCUT2D eigenvalue weighted by atomic mass is 9.87. The van der Waals surface area contributed by atoms with Gasteiger partial charge in [0.15, 0.2) is 0 Å². The molecule has 1 saturated carbocycles. The number of carbonyl (C=O) groups is 1. The van der Waals surface area contributed by atoms with Gasteiger partial charge in [0.2, 0.25) is 10.0 Å². The maximum Gasteiger partial charge on any atom is 0.315 e. The van der Waals surface area contributed by atoms with E-state index in [1.807, 2.05) is 6.92 Å². The SMILES string of the molecule is CCN(CCCNC(=O)NC1CCC(C)CC1)S(C)(=O)=O. The number of sulfonamides is 1. The first-order valence-electron chi connectivity index (χ1n) is 7.82. The van der Waals surface area contributed by atoms with Crippen LogP contribution in [0.15, 0.2) is 0 Å². The first kappa shape index (κ1) is 18.2. The van der Waals surface area contributed by atoms with Crippen LogP contribution >= 0.6 is 0 Å². The van der Waals surface area contributed by atoms with Gasteiger partial charge in [-0.2, -0.15) is 0 Å². The highest BCUT2D eigenvalue weighted by Gasteiger charge is 2.19. The molecule has 2 N–H and O–H groups in total. The summed E-state index contributed by atoms with van der Waals surface area (Å²) in [4.78, 5) is 11.7. The maximum absolute atomic E-state index is 11.7. The molecule has 124 valence electrons. The zero-order valence-electron chi connectivity index (χ0n) is 13.4. The molecular formula is C14H29N3O3S. The average Bonchev–Trinajstić information content (AvgIpc) is 2.40. The Balaban J connectivity index is 2.16. The minimum atomic E-state index is -3.14. The summed E-state index contributed by atoms with van der Waals surface area (Å²) in [5, 5.41) is 5.79. The molecule has 21 heavy (non-hydrogen) atoms. The molecule has 6 nitrogen and oxygen atoms in total. The van der Waals surface area contributed by atoms with Crippen molar-refractivity contribution in [3.8, 4) is 0 Å². The van der Waals surface area contributed by atoms with Gasteiger partial charge in [-0.3, -0.25) is 0 Å². The van der Waals surface area contributed by atoms with Crippen LogP contribution in [0.2, 0.25) is 0 Å². The molecular weight excluding hydrogens is 290 g/mol. The van der Waals surface area contributed by atoms with Crippen molar-refractivity contribution in [2.45, 2.75) is 52.0 Å². The number of rotatable bonds is 7. The predicted molar refractivity (Wildman–Crippen MR) is 84.7 cm³/mol. The van der Waals surface area contributed by atoms with Gasteiger partial charge >= 0.3 is 6.03 Å². The van der Waals surface area contributed by atoms with Crippen LogP contribution in [0, 0.1) is 5.92 Å². The molecule has 0 atom stereocenters. The van der Waals surface area contributed by atoms with Crippen molar-refractivity contribution < 1.29 is 13.2 Å². The van der Waals surface area contributed by atoms with Crippen molar-refractivity contribution in [2.24, 2.45) is 5.92 Å². The van der Waals surface area contributed by atoms with Crippen molar-refractivity contribution in [3.05, 3.63) is 0 Å². The number of carbonyl (C=O) groups excluding carboxylic acids is 1. The van der Waals surface area contributed by atoms with E-state index in [0.717, 1.165) is 18.8 Å². The largest absolute Gasteiger partial charge is 0.338 e. The number of nitrogens with zero attached hydrogens (tertiary/aromatic N) is 1. The highest BCUT2D eigenvalue weighted by atomic mass is 32.2. The van der Waals surface area contributed by atoms with Crippen molar-refractivity contribution in [1.82, 2.24) is 14.9 Å². The van der Waals surface area contributed by atoms with Gasteiger partial charge in [0.05, 0.1) is 6.26 Å². The molecule has 0 heterocycles. The van der Waals surface area contributed by atoms with E-state index in [9.17, 15) is 13.2 Å². The molecule has 1 rings (SSSR count). The monoisotopic (exact) mass is 319 g/mol. The van der Waals surface area contributed by atoms with Gasteiger partial charge in [0.1, 0.15) is 0 Å². The summed E-state index contributed by atoms with van der Waals surface area (Å²) in [6.07, 6.45) is 6.27. The van der Waals surface area contributed by atoms with Gasteiger partial charge < -0.3 is 10.6 Å². The van der Waals surface area contributed by atoms with E-state index in [2.05, 4.69) is 17.6 Å². The van der Waals surface area contributed by atoms with E-state index in [1.165, 1.54) is 23.4 Å². The quantitative estimate of drug-likeness (QED) is 0.699. The van der Waals surface area contributed by atoms with E-state index in [1.54, 1.807) is 0 Å². The second-order valence-electron chi connectivity index (χ2n) is 5.97. The molecule has 7 heteroatoms. The third-order valence-corrected chi connectivity index (χ3v) is 5.42. The molecule has 0 aromatic heterocycles. The van der Waals surface area contributed by atoms with Gasteiger partial charge in [0, 0.05) is 25.7 Å². The fraction of sp³-hybridized carbons (Fsp3) is 0.929. The Morgan fingerprint density at radius 2 is 1.86 bits per heavy atom. The first-order valence-corrected chi connectivity index (χ1v) is 9.67. The topological polar surface area (TPSA) is 78.5 Å². The minimum absolute atomic E-state index is 0.142. The van der Waals surface area contributed by atoms with Crippen LogP contribution in [0.25, 0.3) is 0 Å². The van der Waals surface area contributed by atoms with E-state index in [0.29, 0.717) is 26.1 Å². The number of hydrogen-bond donors (Lipinski definition) is 2. The van der Waals surface area contributed by atoms with Crippen molar-refractivity contribution in [1.29, 1.82) is 0 Å². The van der Waals surface area contributed by atoms with Crippen LogP contribution in [-0.2, 0) is 10.0 Å².